The first-order valence-electron chi connectivity index (χ1n) is 9.39. The third-order valence-electron chi connectivity index (χ3n) is 4.85. The quantitative estimate of drug-likeness (QED) is 0.643. The van der Waals surface area contributed by atoms with Crippen molar-refractivity contribution in [1.29, 1.82) is 0 Å². The Kier molecular flexibility index (Phi) is 6.17. The first kappa shape index (κ1) is 21.5. The van der Waals surface area contributed by atoms with Gasteiger partial charge in [0.25, 0.3) is 11.8 Å². The summed E-state index contributed by atoms with van der Waals surface area (Å²) in [5.74, 6) is 0.299. The summed E-state index contributed by atoms with van der Waals surface area (Å²) in [5, 5.41) is 3.15. The van der Waals surface area contributed by atoms with Gasteiger partial charge >= 0.3 is 0 Å². The monoisotopic (exact) mass is 425 g/mol. The lowest BCUT2D eigenvalue weighted by atomic mass is 10.1. The molecule has 2 amide bonds. The van der Waals surface area contributed by atoms with E-state index in [-0.39, 0.29) is 16.8 Å². The van der Waals surface area contributed by atoms with Gasteiger partial charge in [-0.15, -0.1) is 0 Å². The molecule has 6 nitrogen and oxygen atoms in total. The van der Waals surface area contributed by atoms with E-state index >= 15 is 0 Å². The average Bonchev–Trinajstić information content (AvgIpc) is 3.01. The number of methoxy groups -OCH3 is 1. The molecule has 3 rings (SSSR count). The largest absolute Gasteiger partial charge is 0.497 e. The van der Waals surface area contributed by atoms with E-state index in [2.05, 4.69) is 5.32 Å². The van der Waals surface area contributed by atoms with Gasteiger partial charge in [0, 0.05) is 42.9 Å². The van der Waals surface area contributed by atoms with E-state index in [1.807, 2.05) is 48.7 Å². The van der Waals surface area contributed by atoms with Gasteiger partial charge < -0.3 is 19.5 Å². The van der Waals surface area contributed by atoms with Gasteiger partial charge in [0.2, 0.25) is 0 Å². The summed E-state index contributed by atoms with van der Waals surface area (Å²) in [6.07, 6.45) is 0. The fourth-order valence-electron chi connectivity index (χ4n) is 3.35. The van der Waals surface area contributed by atoms with Crippen molar-refractivity contribution in [1.82, 2.24) is 9.47 Å². The lowest BCUT2D eigenvalue weighted by Crippen LogP contribution is -2.22. The summed E-state index contributed by atoms with van der Waals surface area (Å²) >= 11 is 6.25. The molecule has 30 heavy (non-hydrogen) atoms. The maximum Gasteiger partial charge on any atom is 0.257 e. The third-order valence-corrected chi connectivity index (χ3v) is 5.16. The van der Waals surface area contributed by atoms with Gasteiger partial charge in [-0.2, -0.15) is 0 Å². The van der Waals surface area contributed by atoms with Crippen LogP contribution in [0.25, 0.3) is 5.69 Å². The topological polar surface area (TPSA) is 63.6 Å². The minimum atomic E-state index is -0.250. The molecule has 0 radical (unpaired) electrons. The first-order chi connectivity index (χ1) is 14.2. The van der Waals surface area contributed by atoms with E-state index in [4.69, 9.17) is 16.3 Å². The molecular weight excluding hydrogens is 402 g/mol. The molecule has 1 aromatic heterocycles. The van der Waals surface area contributed by atoms with E-state index in [0.717, 1.165) is 22.8 Å². The number of nitrogens with one attached hydrogen (secondary N) is 1. The van der Waals surface area contributed by atoms with Crippen LogP contribution < -0.4 is 10.1 Å². The smallest absolute Gasteiger partial charge is 0.257 e. The van der Waals surface area contributed by atoms with Gasteiger partial charge in [0.15, 0.2) is 0 Å². The zero-order valence-corrected chi connectivity index (χ0v) is 18.4. The Hall–Kier alpha value is -3.25. The van der Waals surface area contributed by atoms with E-state index in [1.54, 1.807) is 39.4 Å². The summed E-state index contributed by atoms with van der Waals surface area (Å²) in [7, 11) is 4.94. The maximum absolute atomic E-state index is 12.9. The third kappa shape index (κ3) is 4.19. The predicted molar refractivity (Wildman–Crippen MR) is 119 cm³/mol. The van der Waals surface area contributed by atoms with Crippen molar-refractivity contribution in [3.63, 3.8) is 0 Å². The number of nitrogens with zero attached hydrogens (tertiary/aromatic N) is 2. The number of halogens is 1. The van der Waals surface area contributed by atoms with Crippen molar-refractivity contribution in [2.75, 3.05) is 26.5 Å². The number of ether oxygens (including phenoxy) is 1. The molecule has 0 unspecified atom stereocenters. The molecule has 0 atom stereocenters. The fourth-order valence-corrected chi connectivity index (χ4v) is 3.61. The van der Waals surface area contributed by atoms with Crippen molar-refractivity contribution in [2.45, 2.75) is 13.8 Å². The van der Waals surface area contributed by atoms with Crippen LogP contribution in [0.4, 0.5) is 5.69 Å². The number of anilines is 1. The molecule has 0 bridgehead atoms. The molecule has 7 heteroatoms. The Morgan fingerprint density at radius 3 is 2.40 bits per heavy atom. The number of rotatable bonds is 5. The molecule has 3 aromatic rings. The van der Waals surface area contributed by atoms with Gasteiger partial charge in [-0.3, -0.25) is 9.59 Å². The highest BCUT2D eigenvalue weighted by molar-refractivity contribution is 6.34. The van der Waals surface area contributed by atoms with Crippen molar-refractivity contribution >= 4 is 29.1 Å². The molecule has 0 aliphatic carbocycles. The number of aromatic nitrogens is 1. The molecule has 0 aliphatic rings. The van der Waals surface area contributed by atoms with Gasteiger partial charge in [-0.05, 0) is 50.2 Å². The van der Waals surface area contributed by atoms with Crippen LogP contribution in [0.15, 0.2) is 48.5 Å². The highest BCUT2D eigenvalue weighted by Gasteiger charge is 2.18. The number of amides is 2. The van der Waals surface area contributed by atoms with Crippen LogP contribution in [0.2, 0.25) is 5.02 Å². The molecule has 0 saturated heterocycles. The van der Waals surface area contributed by atoms with E-state index < -0.39 is 0 Å². The standard InChI is InChI=1S/C23H24ClN3O3/c1-14-11-20(15(2)27(14)17-7-6-8-18(13-17)30-5)22(28)25-16-9-10-19(21(24)12-16)23(29)26(3)4/h6-13H,1-5H3,(H,25,28). The molecule has 0 fully saturated rings. The van der Waals surface area contributed by atoms with Crippen LogP contribution in [0.1, 0.15) is 32.1 Å². The second-order valence-corrected chi connectivity index (χ2v) is 7.58. The fraction of sp³-hybridized carbons (Fsp3) is 0.217. The molecule has 1 heterocycles. The van der Waals surface area contributed by atoms with Crippen molar-refractivity contribution < 1.29 is 14.3 Å². The van der Waals surface area contributed by atoms with Gasteiger partial charge in [0.1, 0.15) is 5.75 Å². The summed E-state index contributed by atoms with van der Waals surface area (Å²) in [6.45, 7) is 3.84. The lowest BCUT2D eigenvalue weighted by Gasteiger charge is -2.13. The normalized spacial score (nSPS) is 10.6. The van der Waals surface area contributed by atoms with E-state index in [0.29, 0.717) is 16.8 Å². The summed E-state index contributed by atoms with van der Waals surface area (Å²) in [5.41, 5.74) is 4.11. The van der Waals surface area contributed by atoms with Crippen LogP contribution in [0, 0.1) is 13.8 Å². The Balaban J connectivity index is 1.88. The molecule has 0 aliphatic heterocycles. The van der Waals surface area contributed by atoms with E-state index in [1.165, 1.54) is 4.90 Å². The second-order valence-electron chi connectivity index (χ2n) is 7.17. The number of aryl methyl sites for hydroxylation is 1. The maximum atomic E-state index is 12.9. The Morgan fingerprint density at radius 1 is 1.03 bits per heavy atom. The van der Waals surface area contributed by atoms with Crippen molar-refractivity contribution in [3.05, 3.63) is 76.1 Å². The number of benzene rings is 2. The van der Waals surface area contributed by atoms with Gasteiger partial charge in [-0.1, -0.05) is 17.7 Å². The van der Waals surface area contributed by atoms with Crippen LogP contribution in [0.5, 0.6) is 5.75 Å². The van der Waals surface area contributed by atoms with Crippen LogP contribution in [-0.4, -0.2) is 42.5 Å². The minimum Gasteiger partial charge on any atom is -0.497 e. The van der Waals surface area contributed by atoms with Crippen LogP contribution in [0.3, 0.4) is 0 Å². The second kappa shape index (κ2) is 8.63. The number of carbonyl (C=O) groups excluding carboxylic acids is 2. The Bertz CT molecular complexity index is 1120. The SMILES string of the molecule is COc1cccc(-n2c(C)cc(C(=O)Nc3ccc(C(=O)N(C)C)c(Cl)c3)c2C)c1. The van der Waals surface area contributed by atoms with Gasteiger partial charge in [-0.25, -0.2) is 0 Å². The zero-order chi connectivity index (χ0) is 22.0. The van der Waals surface area contributed by atoms with Gasteiger partial charge in [0.05, 0.1) is 23.3 Å². The number of hydrogen-bond acceptors (Lipinski definition) is 3. The van der Waals surface area contributed by atoms with Crippen LogP contribution in [-0.2, 0) is 0 Å². The predicted octanol–water partition coefficient (Wildman–Crippen LogP) is 4.71. The molecular formula is C23H24ClN3O3. The minimum absolute atomic E-state index is 0.195. The van der Waals surface area contributed by atoms with Crippen molar-refractivity contribution in [2.24, 2.45) is 0 Å². The van der Waals surface area contributed by atoms with E-state index in [9.17, 15) is 9.59 Å². The molecule has 156 valence electrons. The molecule has 2 aromatic carbocycles. The Labute approximate surface area is 181 Å². The van der Waals surface area contributed by atoms with Crippen LogP contribution >= 0.6 is 11.6 Å². The number of carbonyl (C=O) groups is 2. The molecule has 0 spiro atoms. The highest BCUT2D eigenvalue weighted by atomic mass is 35.5. The first-order valence-corrected chi connectivity index (χ1v) is 9.76. The highest BCUT2D eigenvalue weighted by Crippen LogP contribution is 2.26. The summed E-state index contributed by atoms with van der Waals surface area (Å²) in [4.78, 5) is 26.5. The number of hydrogen-bond donors (Lipinski definition) is 1. The lowest BCUT2D eigenvalue weighted by molar-refractivity contribution is 0.0827. The summed E-state index contributed by atoms with van der Waals surface area (Å²) in [6, 6.07) is 14.4. The Morgan fingerprint density at radius 2 is 1.77 bits per heavy atom. The average molecular weight is 426 g/mol. The zero-order valence-electron chi connectivity index (χ0n) is 17.6. The molecule has 0 saturated carbocycles. The van der Waals surface area contributed by atoms with Crippen molar-refractivity contribution in [3.8, 4) is 11.4 Å². The molecule has 1 N–H and O–H groups in total. The summed E-state index contributed by atoms with van der Waals surface area (Å²) < 4.78 is 7.31.